The van der Waals surface area contributed by atoms with Crippen LogP contribution >= 0.6 is 0 Å². The van der Waals surface area contributed by atoms with Gasteiger partial charge in [-0.2, -0.15) is 0 Å². The Hall–Kier alpha value is -4.09. The first kappa shape index (κ1) is 35.1. The minimum Gasteiger partial charge on any atom is -0.444 e. The van der Waals surface area contributed by atoms with E-state index in [1.165, 1.54) is 26.3 Å². The molecule has 4 amide bonds. The van der Waals surface area contributed by atoms with Crippen molar-refractivity contribution < 1.29 is 33.8 Å². The first-order chi connectivity index (χ1) is 20.5. The standard InChI is InChI=1S/C32H44N4O7/c1-23(20-37)32(4,22-38)36(28(39)19-13-7-10-16-26-14-8-5-9-15-26)34-29(40)25(3)35(30(41)24(2)33)31(42)43-21-27-17-11-6-12-18-27/h5-6,8-9,11-12,14-15,17-18,22-25,37H,7,10,13,16,19-21,33H2,1-4H3,(H,34,40)/t23?,24-,25-,32+/m0/s1. The lowest BCUT2D eigenvalue weighted by Crippen LogP contribution is -2.65. The number of carbonyl (C=O) groups excluding carboxylic acids is 5. The molecule has 0 saturated carbocycles. The highest BCUT2D eigenvalue weighted by atomic mass is 16.6. The molecule has 0 bridgehead atoms. The number of hydrazine groups is 1. The smallest absolute Gasteiger partial charge is 0.417 e. The molecule has 4 N–H and O–H groups in total. The molecule has 11 nitrogen and oxygen atoms in total. The summed E-state index contributed by atoms with van der Waals surface area (Å²) in [6, 6.07) is 16.1. The molecule has 4 atom stereocenters. The molecule has 0 fully saturated rings. The van der Waals surface area contributed by atoms with Crippen LogP contribution in [-0.4, -0.2) is 69.3 Å². The molecule has 0 spiro atoms. The van der Waals surface area contributed by atoms with Crippen LogP contribution in [0.4, 0.5) is 4.79 Å². The van der Waals surface area contributed by atoms with Crippen molar-refractivity contribution in [3.8, 4) is 0 Å². The summed E-state index contributed by atoms with van der Waals surface area (Å²) >= 11 is 0. The Morgan fingerprint density at radius 3 is 2.07 bits per heavy atom. The third-order valence-electron chi connectivity index (χ3n) is 7.46. The molecule has 0 aliphatic carbocycles. The van der Waals surface area contributed by atoms with Crippen LogP contribution in [0, 0.1) is 5.92 Å². The third kappa shape index (κ3) is 10.0. The zero-order valence-electron chi connectivity index (χ0n) is 25.4. The summed E-state index contributed by atoms with van der Waals surface area (Å²) in [4.78, 5) is 65.8. The van der Waals surface area contributed by atoms with E-state index in [-0.39, 0.29) is 13.0 Å². The SMILES string of the molecule is CC(CO)[C@@](C)(C=O)N(NC(=O)[C@H](C)N(C(=O)OCc1ccccc1)C(=O)[C@H](C)N)C(=O)CCCCCc1ccccc1. The number of nitrogens with zero attached hydrogens (tertiary/aromatic N) is 2. The molecule has 1 unspecified atom stereocenters. The maximum absolute atomic E-state index is 13.5. The van der Waals surface area contributed by atoms with Gasteiger partial charge in [-0.1, -0.05) is 74.0 Å². The summed E-state index contributed by atoms with van der Waals surface area (Å²) in [6.07, 6.45) is 2.35. The molecular formula is C32H44N4O7. The van der Waals surface area contributed by atoms with Crippen molar-refractivity contribution in [3.05, 3.63) is 71.8 Å². The van der Waals surface area contributed by atoms with Crippen LogP contribution in [0.3, 0.4) is 0 Å². The van der Waals surface area contributed by atoms with Gasteiger partial charge in [0, 0.05) is 18.9 Å². The Morgan fingerprint density at radius 2 is 1.53 bits per heavy atom. The van der Waals surface area contributed by atoms with Crippen LogP contribution in [0.1, 0.15) is 64.5 Å². The number of aliphatic hydroxyl groups is 1. The lowest BCUT2D eigenvalue weighted by Gasteiger charge is -2.41. The Kier molecular flexibility index (Phi) is 14.0. The van der Waals surface area contributed by atoms with Gasteiger partial charge >= 0.3 is 6.09 Å². The highest BCUT2D eigenvalue weighted by molar-refractivity contribution is 6.00. The Morgan fingerprint density at radius 1 is 0.953 bits per heavy atom. The largest absolute Gasteiger partial charge is 0.444 e. The Labute approximate surface area is 253 Å². The van der Waals surface area contributed by atoms with E-state index >= 15 is 0 Å². The van der Waals surface area contributed by atoms with Crippen molar-refractivity contribution in [2.75, 3.05) is 6.61 Å². The molecule has 0 radical (unpaired) electrons. The van der Waals surface area contributed by atoms with Gasteiger partial charge in [0.05, 0.1) is 6.04 Å². The molecule has 2 rings (SSSR count). The van der Waals surface area contributed by atoms with Gasteiger partial charge in [0.2, 0.25) is 11.8 Å². The lowest BCUT2D eigenvalue weighted by atomic mass is 9.88. The quantitative estimate of drug-likeness (QED) is 0.161. The highest BCUT2D eigenvalue weighted by Gasteiger charge is 2.43. The minimum absolute atomic E-state index is 0.0205. The zero-order chi connectivity index (χ0) is 32.0. The number of benzene rings is 2. The Bertz CT molecular complexity index is 1210. The van der Waals surface area contributed by atoms with Crippen LogP contribution in [0.25, 0.3) is 0 Å². The molecular weight excluding hydrogens is 552 g/mol. The van der Waals surface area contributed by atoms with Crippen LogP contribution < -0.4 is 11.2 Å². The summed E-state index contributed by atoms with van der Waals surface area (Å²) < 4.78 is 5.30. The van der Waals surface area contributed by atoms with Gasteiger partial charge in [0.25, 0.3) is 5.91 Å². The second kappa shape index (κ2) is 17.1. The number of imide groups is 1. The maximum Gasteiger partial charge on any atom is 0.417 e. The number of carbonyl (C=O) groups is 5. The summed E-state index contributed by atoms with van der Waals surface area (Å²) in [5, 5.41) is 10.7. The number of aryl methyl sites for hydroxylation is 1. The fraction of sp³-hybridized carbons (Fsp3) is 0.469. The van der Waals surface area contributed by atoms with Crippen molar-refractivity contribution in [1.82, 2.24) is 15.3 Å². The van der Waals surface area contributed by atoms with Gasteiger partial charge in [0.1, 0.15) is 24.5 Å². The van der Waals surface area contributed by atoms with Crippen molar-refractivity contribution in [2.24, 2.45) is 11.7 Å². The number of hydrogen-bond donors (Lipinski definition) is 3. The summed E-state index contributed by atoms with van der Waals surface area (Å²) in [6.45, 7) is 5.06. The number of hydrogen-bond acceptors (Lipinski definition) is 8. The van der Waals surface area contributed by atoms with E-state index in [2.05, 4.69) is 5.43 Å². The maximum atomic E-state index is 13.5. The molecule has 0 aliphatic heterocycles. The fourth-order valence-electron chi connectivity index (χ4n) is 4.33. The van der Waals surface area contributed by atoms with Crippen molar-refractivity contribution in [2.45, 2.75) is 84.0 Å². The third-order valence-corrected chi connectivity index (χ3v) is 7.46. The number of aldehydes is 1. The van der Waals surface area contributed by atoms with Crippen LogP contribution in [-0.2, 0) is 36.9 Å². The summed E-state index contributed by atoms with van der Waals surface area (Å²) in [5.41, 5.74) is 8.46. The van der Waals surface area contributed by atoms with E-state index in [0.717, 1.165) is 24.3 Å². The van der Waals surface area contributed by atoms with E-state index in [4.69, 9.17) is 10.5 Å². The molecule has 2 aromatic rings. The van der Waals surface area contributed by atoms with Crippen molar-refractivity contribution in [3.63, 3.8) is 0 Å². The predicted octanol–water partition coefficient (Wildman–Crippen LogP) is 3.14. The van der Waals surface area contributed by atoms with Crippen LogP contribution in [0.15, 0.2) is 60.7 Å². The van der Waals surface area contributed by atoms with E-state index in [1.807, 2.05) is 30.3 Å². The van der Waals surface area contributed by atoms with E-state index in [1.54, 1.807) is 37.3 Å². The van der Waals surface area contributed by atoms with E-state index < -0.39 is 54.0 Å². The molecule has 2 aromatic carbocycles. The average Bonchev–Trinajstić information content (AvgIpc) is 3.02. The number of rotatable bonds is 15. The molecule has 0 saturated heterocycles. The molecule has 0 aromatic heterocycles. The van der Waals surface area contributed by atoms with Crippen molar-refractivity contribution in [1.29, 1.82) is 0 Å². The van der Waals surface area contributed by atoms with Crippen LogP contribution in [0.2, 0.25) is 0 Å². The van der Waals surface area contributed by atoms with Crippen molar-refractivity contribution >= 4 is 30.1 Å². The second-order valence-electron chi connectivity index (χ2n) is 10.9. The molecule has 43 heavy (non-hydrogen) atoms. The number of nitrogens with two attached hydrogens (primary N) is 1. The van der Waals surface area contributed by atoms with Gasteiger partial charge in [0.15, 0.2) is 0 Å². The average molecular weight is 597 g/mol. The first-order valence-electron chi connectivity index (χ1n) is 14.5. The van der Waals surface area contributed by atoms with Gasteiger partial charge in [-0.3, -0.25) is 19.8 Å². The molecule has 234 valence electrons. The normalized spacial score (nSPS) is 14.4. The van der Waals surface area contributed by atoms with Gasteiger partial charge in [-0.05, 0) is 51.2 Å². The lowest BCUT2D eigenvalue weighted by molar-refractivity contribution is -0.157. The first-order valence-corrected chi connectivity index (χ1v) is 14.5. The number of unbranched alkanes of at least 4 members (excludes halogenated alkanes) is 2. The van der Waals surface area contributed by atoms with Gasteiger partial charge < -0.3 is 20.4 Å². The van der Waals surface area contributed by atoms with Gasteiger partial charge in [-0.25, -0.2) is 14.7 Å². The number of nitrogens with one attached hydrogen (secondary N) is 1. The van der Waals surface area contributed by atoms with Gasteiger partial charge in [-0.15, -0.1) is 0 Å². The van der Waals surface area contributed by atoms with E-state index in [9.17, 15) is 29.1 Å². The summed E-state index contributed by atoms with van der Waals surface area (Å²) in [5.74, 6) is -3.08. The number of aliphatic hydroxyl groups excluding tert-OH is 1. The molecule has 11 heteroatoms. The fourth-order valence-corrected chi connectivity index (χ4v) is 4.33. The second-order valence-corrected chi connectivity index (χ2v) is 10.9. The highest BCUT2D eigenvalue weighted by Crippen LogP contribution is 2.23. The predicted molar refractivity (Wildman–Crippen MR) is 161 cm³/mol. The topological polar surface area (TPSA) is 159 Å². The number of amides is 4. The zero-order valence-corrected chi connectivity index (χ0v) is 25.4. The van der Waals surface area contributed by atoms with Crippen LogP contribution in [0.5, 0.6) is 0 Å². The monoisotopic (exact) mass is 596 g/mol. The molecule has 0 aliphatic rings. The minimum atomic E-state index is -1.62. The molecule has 0 heterocycles. The Balaban J connectivity index is 2.19. The summed E-state index contributed by atoms with van der Waals surface area (Å²) in [7, 11) is 0. The number of ether oxygens (including phenoxy) is 1. The van der Waals surface area contributed by atoms with E-state index in [0.29, 0.717) is 23.2 Å².